The van der Waals surface area contributed by atoms with Gasteiger partial charge >= 0.3 is 0 Å². The van der Waals surface area contributed by atoms with Crippen LogP contribution in [0.25, 0.3) is 0 Å². The monoisotopic (exact) mass is 330 g/mol. The molecule has 0 radical (unpaired) electrons. The lowest BCUT2D eigenvalue weighted by Gasteiger charge is -2.30. The number of halogens is 2. The fourth-order valence-corrected chi connectivity index (χ4v) is 3.23. The van der Waals surface area contributed by atoms with Crippen molar-refractivity contribution in [3.63, 3.8) is 0 Å². The molecule has 5 heteroatoms. The van der Waals surface area contributed by atoms with Crippen LogP contribution in [-0.2, 0) is 6.54 Å². The predicted octanol–water partition coefficient (Wildman–Crippen LogP) is 3.91. The van der Waals surface area contributed by atoms with E-state index in [-0.39, 0.29) is 5.75 Å². The van der Waals surface area contributed by atoms with Crippen LogP contribution in [0.15, 0.2) is 12.1 Å². The number of phenols is 1. The van der Waals surface area contributed by atoms with Crippen molar-refractivity contribution in [1.29, 1.82) is 0 Å². The highest BCUT2D eigenvalue weighted by molar-refractivity contribution is 6.35. The molecule has 3 nitrogen and oxygen atoms in total. The molecule has 118 valence electrons. The van der Waals surface area contributed by atoms with E-state index in [9.17, 15) is 5.11 Å². The number of hydrogen-bond acceptors (Lipinski definition) is 3. The van der Waals surface area contributed by atoms with Gasteiger partial charge in [-0.3, -0.25) is 0 Å². The average molecular weight is 331 g/mol. The molecule has 0 atom stereocenters. The summed E-state index contributed by atoms with van der Waals surface area (Å²) in [4.78, 5) is 2.54. The summed E-state index contributed by atoms with van der Waals surface area (Å²) in [7, 11) is 0. The minimum Gasteiger partial charge on any atom is -0.506 e. The molecule has 21 heavy (non-hydrogen) atoms. The van der Waals surface area contributed by atoms with Crippen molar-refractivity contribution in [2.24, 2.45) is 5.92 Å². The molecule has 0 amide bonds. The number of nitrogens with zero attached hydrogens (tertiary/aromatic N) is 1. The van der Waals surface area contributed by atoms with Crippen molar-refractivity contribution in [1.82, 2.24) is 10.2 Å². The molecular weight excluding hydrogens is 307 g/mol. The first-order valence-corrected chi connectivity index (χ1v) is 8.42. The number of likely N-dealkylation sites (tertiary alicyclic amines) is 1. The van der Waals surface area contributed by atoms with E-state index in [0.29, 0.717) is 16.6 Å². The van der Waals surface area contributed by atoms with Gasteiger partial charge in [-0.15, -0.1) is 0 Å². The van der Waals surface area contributed by atoms with Crippen LogP contribution >= 0.6 is 23.2 Å². The molecule has 1 aromatic rings. The molecule has 2 rings (SSSR count). The minimum atomic E-state index is 0.124. The molecule has 0 unspecified atom stereocenters. The number of hydrogen-bond donors (Lipinski definition) is 2. The third-order valence-electron chi connectivity index (χ3n) is 4.13. The molecule has 0 spiro atoms. The highest BCUT2D eigenvalue weighted by atomic mass is 35.5. The third kappa shape index (κ3) is 5.33. The minimum absolute atomic E-state index is 0.124. The van der Waals surface area contributed by atoms with Crippen LogP contribution < -0.4 is 5.32 Å². The molecule has 1 heterocycles. The smallest absolute Gasteiger partial charge is 0.138 e. The second-order valence-electron chi connectivity index (χ2n) is 5.95. The van der Waals surface area contributed by atoms with Gasteiger partial charge in [-0.2, -0.15) is 0 Å². The van der Waals surface area contributed by atoms with Crippen molar-refractivity contribution in [3.8, 4) is 5.75 Å². The summed E-state index contributed by atoms with van der Waals surface area (Å²) in [5.41, 5.74) is 0.749. The summed E-state index contributed by atoms with van der Waals surface area (Å²) in [5.74, 6) is 1.01. The quantitative estimate of drug-likeness (QED) is 0.776. The summed E-state index contributed by atoms with van der Waals surface area (Å²) in [6, 6.07) is 3.31. The van der Waals surface area contributed by atoms with Gasteiger partial charge in [-0.1, -0.05) is 30.1 Å². The van der Waals surface area contributed by atoms with Gasteiger partial charge in [0.2, 0.25) is 0 Å². The maximum absolute atomic E-state index is 9.87. The van der Waals surface area contributed by atoms with Crippen LogP contribution in [-0.4, -0.2) is 36.2 Å². The van der Waals surface area contributed by atoms with Crippen molar-refractivity contribution < 1.29 is 5.11 Å². The molecular formula is C16H24Cl2N2O. The SMILES string of the molecule is CC1CCN(CCCNCc2cc(Cl)cc(Cl)c2O)CC1. The lowest BCUT2D eigenvalue weighted by atomic mass is 9.99. The predicted molar refractivity (Wildman–Crippen MR) is 89.3 cm³/mol. The second-order valence-corrected chi connectivity index (χ2v) is 6.79. The Labute approximate surface area is 137 Å². The number of benzene rings is 1. The highest BCUT2D eigenvalue weighted by Crippen LogP contribution is 2.30. The Kier molecular flexibility index (Phi) is 6.62. The Morgan fingerprint density at radius 1 is 1.29 bits per heavy atom. The average Bonchev–Trinajstić information content (AvgIpc) is 2.45. The zero-order valence-corrected chi connectivity index (χ0v) is 14.1. The van der Waals surface area contributed by atoms with E-state index in [1.807, 2.05) is 0 Å². The van der Waals surface area contributed by atoms with Gasteiger partial charge in [0.05, 0.1) is 5.02 Å². The Morgan fingerprint density at radius 2 is 2.00 bits per heavy atom. The summed E-state index contributed by atoms with van der Waals surface area (Å²) in [6.07, 6.45) is 3.76. The number of aromatic hydroxyl groups is 1. The van der Waals surface area contributed by atoms with E-state index in [2.05, 4.69) is 17.1 Å². The number of nitrogens with one attached hydrogen (secondary N) is 1. The summed E-state index contributed by atoms with van der Waals surface area (Å²) in [5, 5.41) is 14.1. The van der Waals surface area contributed by atoms with Gasteiger partial charge < -0.3 is 15.3 Å². The van der Waals surface area contributed by atoms with Crippen molar-refractivity contribution in [2.75, 3.05) is 26.2 Å². The van der Waals surface area contributed by atoms with Crippen LogP contribution in [0.1, 0.15) is 31.7 Å². The fraction of sp³-hybridized carbons (Fsp3) is 0.625. The summed E-state index contributed by atoms with van der Waals surface area (Å²) in [6.45, 7) is 7.44. The molecule has 1 fully saturated rings. The Balaban J connectivity index is 1.66. The van der Waals surface area contributed by atoms with Crippen LogP contribution in [0.5, 0.6) is 5.75 Å². The first-order valence-electron chi connectivity index (χ1n) is 7.66. The summed E-state index contributed by atoms with van der Waals surface area (Å²) < 4.78 is 0. The van der Waals surface area contributed by atoms with Gasteiger partial charge in [0.1, 0.15) is 5.75 Å². The zero-order chi connectivity index (χ0) is 15.2. The molecule has 0 aromatic heterocycles. The van der Waals surface area contributed by atoms with Gasteiger partial charge in [-0.25, -0.2) is 0 Å². The Hall–Kier alpha value is -0.480. The Morgan fingerprint density at radius 3 is 2.71 bits per heavy atom. The molecule has 1 saturated heterocycles. The standard InChI is InChI=1S/C16H24Cl2N2O/c1-12-3-7-20(8-4-12)6-2-5-19-11-13-9-14(17)10-15(18)16(13)21/h9-10,12,19,21H,2-8,11H2,1H3. The number of piperidine rings is 1. The van der Waals surface area contributed by atoms with Crippen molar-refractivity contribution in [3.05, 3.63) is 27.7 Å². The molecule has 0 saturated carbocycles. The maximum atomic E-state index is 9.87. The lowest BCUT2D eigenvalue weighted by Crippen LogP contribution is -2.34. The van der Waals surface area contributed by atoms with E-state index < -0.39 is 0 Å². The molecule has 0 aliphatic carbocycles. The number of rotatable bonds is 6. The number of phenolic OH excluding ortho intramolecular Hbond substituents is 1. The van der Waals surface area contributed by atoms with E-state index in [0.717, 1.165) is 31.0 Å². The maximum Gasteiger partial charge on any atom is 0.138 e. The van der Waals surface area contributed by atoms with Crippen molar-refractivity contribution >= 4 is 23.2 Å². The lowest BCUT2D eigenvalue weighted by molar-refractivity contribution is 0.190. The zero-order valence-electron chi connectivity index (χ0n) is 12.5. The van der Waals surface area contributed by atoms with E-state index >= 15 is 0 Å². The summed E-state index contributed by atoms with van der Waals surface area (Å²) >= 11 is 11.8. The fourth-order valence-electron chi connectivity index (χ4n) is 2.69. The molecule has 1 aliphatic rings. The van der Waals surface area contributed by atoms with Gasteiger partial charge in [0.15, 0.2) is 0 Å². The van der Waals surface area contributed by atoms with Crippen LogP contribution in [0.3, 0.4) is 0 Å². The van der Waals surface area contributed by atoms with Crippen LogP contribution in [0.4, 0.5) is 0 Å². The Bertz CT molecular complexity index is 460. The second kappa shape index (κ2) is 8.23. The normalized spacial score (nSPS) is 17.3. The van der Waals surface area contributed by atoms with Gasteiger partial charge in [0, 0.05) is 17.1 Å². The molecule has 2 N–H and O–H groups in total. The van der Waals surface area contributed by atoms with E-state index in [4.69, 9.17) is 23.2 Å². The largest absolute Gasteiger partial charge is 0.506 e. The molecule has 1 aromatic carbocycles. The first kappa shape index (κ1) is 16.9. The van der Waals surface area contributed by atoms with Crippen LogP contribution in [0, 0.1) is 5.92 Å². The van der Waals surface area contributed by atoms with Crippen molar-refractivity contribution in [2.45, 2.75) is 32.7 Å². The topological polar surface area (TPSA) is 35.5 Å². The molecule has 0 bridgehead atoms. The van der Waals surface area contributed by atoms with Gasteiger partial charge in [-0.05, 0) is 63.5 Å². The molecule has 1 aliphatic heterocycles. The van der Waals surface area contributed by atoms with E-state index in [1.54, 1.807) is 12.1 Å². The van der Waals surface area contributed by atoms with Crippen LogP contribution in [0.2, 0.25) is 10.0 Å². The van der Waals surface area contributed by atoms with E-state index in [1.165, 1.54) is 25.9 Å². The highest BCUT2D eigenvalue weighted by Gasteiger charge is 2.14. The third-order valence-corrected chi connectivity index (χ3v) is 4.63. The van der Waals surface area contributed by atoms with Gasteiger partial charge in [0.25, 0.3) is 0 Å². The first-order chi connectivity index (χ1) is 10.1.